The van der Waals surface area contributed by atoms with E-state index < -0.39 is 53.2 Å². The van der Waals surface area contributed by atoms with Crippen LogP contribution in [0.4, 0.5) is 4.79 Å². The van der Waals surface area contributed by atoms with E-state index in [2.05, 4.69) is 23.1 Å². The molecule has 0 aromatic heterocycles. The molecule has 0 saturated heterocycles. The van der Waals surface area contributed by atoms with Crippen molar-refractivity contribution in [2.45, 2.75) is 83.7 Å². The first kappa shape index (κ1) is 38.9. The zero-order valence-corrected chi connectivity index (χ0v) is 29.6. The highest BCUT2D eigenvalue weighted by molar-refractivity contribution is 5.94. The van der Waals surface area contributed by atoms with Crippen LogP contribution in [0.3, 0.4) is 0 Å². The van der Waals surface area contributed by atoms with E-state index in [0.29, 0.717) is 16.7 Å². The number of benzene rings is 3. The Bertz CT molecular complexity index is 1670. The molecule has 0 aliphatic carbocycles. The van der Waals surface area contributed by atoms with Gasteiger partial charge < -0.3 is 30.1 Å². The maximum absolute atomic E-state index is 14.6. The van der Waals surface area contributed by atoms with Gasteiger partial charge in [0.15, 0.2) is 0 Å². The molecule has 0 aliphatic rings. The molecule has 0 spiro atoms. The first-order valence-electron chi connectivity index (χ1n) is 16.3. The summed E-state index contributed by atoms with van der Waals surface area (Å²) in [5, 5.41) is 15.4. The van der Waals surface area contributed by atoms with Crippen molar-refractivity contribution in [1.29, 1.82) is 0 Å². The normalized spacial score (nSPS) is 13.1. The third kappa shape index (κ3) is 12.2. The van der Waals surface area contributed by atoms with Crippen molar-refractivity contribution in [1.82, 2.24) is 15.5 Å². The molecule has 3 unspecified atom stereocenters. The summed E-state index contributed by atoms with van der Waals surface area (Å²) in [5.74, 6) is 0.649. The van der Waals surface area contributed by atoms with Gasteiger partial charge in [-0.3, -0.25) is 9.59 Å². The molecule has 3 amide bonds. The second-order valence-electron chi connectivity index (χ2n) is 13.8. The van der Waals surface area contributed by atoms with Crippen molar-refractivity contribution in [3.8, 4) is 18.1 Å². The average Bonchev–Trinajstić information content (AvgIpc) is 3.03. The van der Waals surface area contributed by atoms with Gasteiger partial charge in [-0.25, -0.2) is 9.59 Å². The highest BCUT2D eigenvalue weighted by Crippen LogP contribution is 2.25. The van der Waals surface area contributed by atoms with Gasteiger partial charge in [-0.15, -0.1) is 13.0 Å². The lowest BCUT2D eigenvalue weighted by atomic mass is 9.98. The van der Waals surface area contributed by atoms with Gasteiger partial charge in [0.25, 0.3) is 0 Å². The number of esters is 1. The Morgan fingerprint density at radius 2 is 1.38 bits per heavy atom. The molecule has 3 rings (SSSR count). The molecular weight excluding hydrogens is 634 g/mol. The number of ether oxygens (including phenoxy) is 2. The molecule has 0 bridgehead atoms. The number of amides is 3. The van der Waals surface area contributed by atoms with Gasteiger partial charge in [0.05, 0.1) is 0 Å². The fraction of sp³-hybridized carbons (Fsp3) is 0.350. The Kier molecular flexibility index (Phi) is 13.4. The monoisotopic (exact) mass is 681 g/mol. The molecule has 0 radical (unpaired) electrons. The van der Waals surface area contributed by atoms with Gasteiger partial charge in [-0.1, -0.05) is 66.6 Å². The molecule has 3 aromatic rings. The number of alkyl carbamates (subject to hydrolysis) is 1. The van der Waals surface area contributed by atoms with Crippen LogP contribution in [0.25, 0.3) is 0 Å². The van der Waals surface area contributed by atoms with E-state index in [1.54, 1.807) is 77.9 Å². The summed E-state index contributed by atoms with van der Waals surface area (Å²) in [5.41, 5.74) is 0.687. The molecule has 0 aliphatic heterocycles. The summed E-state index contributed by atoms with van der Waals surface area (Å²) in [6.07, 6.45) is 6.37. The summed E-state index contributed by atoms with van der Waals surface area (Å²) in [7, 11) is 0. The fourth-order valence-electron chi connectivity index (χ4n) is 5.08. The Hall–Kier alpha value is -5.56. The van der Waals surface area contributed by atoms with Crippen LogP contribution in [-0.4, -0.2) is 63.7 Å². The number of carbonyl (C=O) groups excluding carboxylic acids is 4. The quantitative estimate of drug-likeness (QED) is 0.121. The molecule has 3 N–H and O–H groups in total. The van der Waals surface area contributed by atoms with E-state index in [4.69, 9.17) is 15.9 Å². The van der Waals surface area contributed by atoms with Crippen molar-refractivity contribution in [2.24, 2.45) is 0 Å². The minimum absolute atomic E-state index is 0.00487. The van der Waals surface area contributed by atoms with Gasteiger partial charge in [0.1, 0.15) is 35.1 Å². The third-order valence-corrected chi connectivity index (χ3v) is 7.22. The molecule has 10 nitrogen and oxygen atoms in total. The smallest absolute Gasteiger partial charge is 0.408 e. The van der Waals surface area contributed by atoms with E-state index >= 15 is 0 Å². The minimum atomic E-state index is -1.30. The van der Waals surface area contributed by atoms with Crippen LogP contribution < -0.4 is 10.6 Å². The first-order chi connectivity index (χ1) is 23.5. The Morgan fingerprint density at radius 3 is 1.92 bits per heavy atom. The maximum atomic E-state index is 14.6. The van der Waals surface area contributed by atoms with E-state index in [1.807, 2.05) is 30.3 Å². The number of nitrogens with one attached hydrogen (secondary N) is 2. The van der Waals surface area contributed by atoms with E-state index in [9.17, 15) is 24.3 Å². The number of phenols is 1. The molecule has 0 heterocycles. The van der Waals surface area contributed by atoms with Crippen LogP contribution in [0.15, 0.2) is 91.5 Å². The Labute approximate surface area is 294 Å². The summed E-state index contributed by atoms with van der Waals surface area (Å²) in [6.45, 7) is 14.0. The Balaban J connectivity index is 2.10. The lowest BCUT2D eigenvalue weighted by molar-refractivity contribution is -0.159. The van der Waals surface area contributed by atoms with Crippen molar-refractivity contribution >= 4 is 23.9 Å². The summed E-state index contributed by atoms with van der Waals surface area (Å²) >= 11 is 0. The molecule has 50 heavy (non-hydrogen) atoms. The topological polar surface area (TPSA) is 134 Å². The average molecular weight is 682 g/mol. The molecule has 0 fully saturated rings. The second-order valence-corrected chi connectivity index (χ2v) is 13.8. The zero-order valence-electron chi connectivity index (χ0n) is 29.6. The maximum Gasteiger partial charge on any atom is 0.408 e. The van der Waals surface area contributed by atoms with Gasteiger partial charge in [-0.05, 0) is 82.5 Å². The molecular formula is C40H47N3O7. The van der Waals surface area contributed by atoms with Crippen molar-refractivity contribution in [3.63, 3.8) is 0 Å². The molecule has 10 heteroatoms. The third-order valence-electron chi connectivity index (χ3n) is 7.22. The number of hydrogen-bond acceptors (Lipinski definition) is 7. The number of rotatable bonds is 13. The molecule has 3 aromatic carbocycles. The van der Waals surface area contributed by atoms with Crippen LogP contribution in [0.5, 0.6) is 5.75 Å². The number of nitrogens with zero attached hydrogens (tertiary/aromatic N) is 1. The van der Waals surface area contributed by atoms with Gasteiger partial charge in [0.2, 0.25) is 11.8 Å². The zero-order chi connectivity index (χ0) is 37.1. The van der Waals surface area contributed by atoms with Crippen molar-refractivity contribution in [2.75, 3.05) is 6.54 Å². The number of hydrogen-bond donors (Lipinski definition) is 3. The van der Waals surface area contributed by atoms with Crippen LogP contribution in [0.1, 0.15) is 69.8 Å². The number of carbonyl (C=O) groups is 4. The van der Waals surface area contributed by atoms with E-state index in [0.717, 1.165) is 5.56 Å². The molecule has 264 valence electrons. The number of terminal acetylenes is 1. The fourth-order valence-corrected chi connectivity index (χ4v) is 5.08. The van der Waals surface area contributed by atoms with Crippen molar-refractivity contribution < 1.29 is 33.8 Å². The largest absolute Gasteiger partial charge is 0.508 e. The summed E-state index contributed by atoms with van der Waals surface area (Å²) in [6, 6.07) is 18.3. The van der Waals surface area contributed by atoms with Crippen LogP contribution >= 0.6 is 0 Å². The van der Waals surface area contributed by atoms with Crippen LogP contribution in [-0.2, 0) is 36.7 Å². The van der Waals surface area contributed by atoms with Gasteiger partial charge >= 0.3 is 12.1 Å². The second kappa shape index (κ2) is 17.2. The standard InChI is InChI=1S/C40H47N3O7/c1-9-24-43(36(46)32(42-38(48)50-40(6,7)8)25-29-18-22-31(44)23-19-29)34(30-20-16-27(10-2)17-21-30)35(45)41-33(37(47)49-39(3,4)5)26-28-14-12-11-13-15-28/h2,9,11-23,32-34,44H,1,24-26H2,3-8H3,(H,41,45)(H,42,48). The summed E-state index contributed by atoms with van der Waals surface area (Å²) in [4.78, 5) is 56.9. The predicted octanol–water partition coefficient (Wildman–Crippen LogP) is 5.63. The van der Waals surface area contributed by atoms with Crippen molar-refractivity contribution in [3.05, 3.63) is 114 Å². The SMILES string of the molecule is C#Cc1ccc(C(C(=O)NC(Cc2ccccc2)C(=O)OC(C)(C)C)N(CC=C)C(=O)C(Cc2ccc(O)cc2)NC(=O)OC(C)(C)C)cc1. The lowest BCUT2D eigenvalue weighted by Crippen LogP contribution is -2.55. The highest BCUT2D eigenvalue weighted by Gasteiger charge is 2.38. The minimum Gasteiger partial charge on any atom is -0.508 e. The Morgan fingerprint density at radius 1 is 0.820 bits per heavy atom. The number of phenolic OH excluding ortho intramolecular Hbond substituents is 1. The molecule has 0 saturated carbocycles. The first-order valence-corrected chi connectivity index (χ1v) is 16.3. The van der Waals surface area contributed by atoms with Crippen LogP contribution in [0.2, 0.25) is 0 Å². The van der Waals surface area contributed by atoms with Crippen LogP contribution in [0, 0.1) is 12.3 Å². The van der Waals surface area contributed by atoms with E-state index in [1.165, 1.54) is 23.1 Å². The van der Waals surface area contributed by atoms with Gasteiger partial charge in [0, 0.05) is 24.9 Å². The predicted molar refractivity (Wildman–Crippen MR) is 192 cm³/mol. The highest BCUT2D eigenvalue weighted by atomic mass is 16.6. The van der Waals surface area contributed by atoms with E-state index in [-0.39, 0.29) is 25.1 Å². The lowest BCUT2D eigenvalue weighted by Gasteiger charge is -2.35. The van der Waals surface area contributed by atoms with Gasteiger partial charge in [-0.2, -0.15) is 0 Å². The summed E-state index contributed by atoms with van der Waals surface area (Å²) < 4.78 is 11.2. The molecule has 3 atom stereocenters. The number of aromatic hydroxyl groups is 1.